The van der Waals surface area contributed by atoms with E-state index in [1.807, 2.05) is 18.2 Å². The lowest BCUT2D eigenvalue weighted by atomic mass is 9.92. The van der Waals surface area contributed by atoms with Crippen molar-refractivity contribution in [2.75, 3.05) is 20.3 Å². The fraction of sp³-hybridized carbons (Fsp3) is 0.400. The highest BCUT2D eigenvalue weighted by atomic mass is 16.6. The summed E-state index contributed by atoms with van der Waals surface area (Å²) in [6, 6.07) is 10.2. The standard InChI is InChI=1S/C10H12O2/c1-11-10(7-12-8-10)9-5-3-2-4-6-9/h2-6H,7-8H2,1H3. The van der Waals surface area contributed by atoms with E-state index in [4.69, 9.17) is 9.47 Å². The molecule has 1 saturated heterocycles. The second-order valence-electron chi connectivity index (χ2n) is 3.06. The van der Waals surface area contributed by atoms with Gasteiger partial charge in [0.2, 0.25) is 0 Å². The van der Waals surface area contributed by atoms with Crippen LogP contribution in [0.15, 0.2) is 30.3 Å². The predicted molar refractivity (Wildman–Crippen MR) is 45.9 cm³/mol. The SMILES string of the molecule is COC1(c2ccccc2)COC1. The van der Waals surface area contributed by atoms with Gasteiger partial charge in [0.05, 0.1) is 13.2 Å². The van der Waals surface area contributed by atoms with Crippen molar-refractivity contribution in [1.29, 1.82) is 0 Å². The second-order valence-corrected chi connectivity index (χ2v) is 3.06. The minimum Gasteiger partial charge on any atom is -0.375 e. The summed E-state index contributed by atoms with van der Waals surface area (Å²) < 4.78 is 10.6. The van der Waals surface area contributed by atoms with Crippen LogP contribution in [0, 0.1) is 0 Å². The summed E-state index contributed by atoms with van der Waals surface area (Å²) in [6.45, 7) is 1.35. The average molecular weight is 164 g/mol. The van der Waals surface area contributed by atoms with Crippen LogP contribution in [-0.4, -0.2) is 20.3 Å². The van der Waals surface area contributed by atoms with Gasteiger partial charge in [0.25, 0.3) is 0 Å². The lowest BCUT2D eigenvalue weighted by Crippen LogP contribution is -2.48. The maximum Gasteiger partial charge on any atom is 0.139 e. The zero-order valence-electron chi connectivity index (χ0n) is 7.12. The van der Waals surface area contributed by atoms with E-state index in [0.717, 1.165) is 0 Å². The molecule has 1 fully saturated rings. The van der Waals surface area contributed by atoms with Crippen LogP contribution in [0.1, 0.15) is 5.56 Å². The monoisotopic (exact) mass is 164 g/mol. The largest absolute Gasteiger partial charge is 0.375 e. The molecule has 0 bridgehead atoms. The highest BCUT2D eigenvalue weighted by Gasteiger charge is 2.40. The molecule has 2 rings (SSSR count). The molecule has 0 N–H and O–H groups in total. The zero-order chi connectivity index (χ0) is 8.44. The number of methoxy groups -OCH3 is 1. The maximum atomic E-state index is 5.43. The van der Waals surface area contributed by atoms with Crippen LogP contribution in [0.2, 0.25) is 0 Å². The Morgan fingerprint density at radius 2 is 1.92 bits per heavy atom. The van der Waals surface area contributed by atoms with Gasteiger partial charge in [-0.2, -0.15) is 0 Å². The van der Waals surface area contributed by atoms with Crippen LogP contribution in [-0.2, 0) is 15.1 Å². The molecular weight excluding hydrogens is 152 g/mol. The number of hydrogen-bond acceptors (Lipinski definition) is 2. The molecule has 2 nitrogen and oxygen atoms in total. The van der Waals surface area contributed by atoms with Crippen molar-refractivity contribution in [3.63, 3.8) is 0 Å². The van der Waals surface area contributed by atoms with Crippen LogP contribution < -0.4 is 0 Å². The molecule has 1 aliphatic rings. The smallest absolute Gasteiger partial charge is 0.139 e. The zero-order valence-corrected chi connectivity index (χ0v) is 7.12. The number of ether oxygens (including phenoxy) is 2. The third-order valence-electron chi connectivity index (χ3n) is 2.36. The number of rotatable bonds is 2. The molecule has 0 amide bonds. The molecule has 0 saturated carbocycles. The molecule has 0 radical (unpaired) electrons. The Labute approximate surface area is 72.1 Å². The first kappa shape index (κ1) is 7.77. The van der Waals surface area contributed by atoms with Crippen LogP contribution in [0.25, 0.3) is 0 Å². The van der Waals surface area contributed by atoms with Crippen molar-refractivity contribution in [2.24, 2.45) is 0 Å². The molecule has 0 aromatic heterocycles. The third kappa shape index (κ3) is 1.04. The van der Waals surface area contributed by atoms with Crippen molar-refractivity contribution in [3.8, 4) is 0 Å². The Hall–Kier alpha value is -0.860. The summed E-state index contributed by atoms with van der Waals surface area (Å²) in [5.74, 6) is 0. The Balaban J connectivity index is 2.28. The number of hydrogen-bond donors (Lipinski definition) is 0. The Bertz CT molecular complexity index is 246. The molecule has 1 aliphatic heterocycles. The predicted octanol–water partition coefficient (Wildman–Crippen LogP) is 1.56. The van der Waals surface area contributed by atoms with E-state index in [-0.39, 0.29) is 5.60 Å². The van der Waals surface area contributed by atoms with Crippen LogP contribution >= 0.6 is 0 Å². The lowest BCUT2D eigenvalue weighted by molar-refractivity contribution is -0.202. The van der Waals surface area contributed by atoms with Gasteiger partial charge < -0.3 is 9.47 Å². The minimum atomic E-state index is -0.165. The molecule has 0 aliphatic carbocycles. The quantitative estimate of drug-likeness (QED) is 0.660. The minimum absolute atomic E-state index is 0.165. The summed E-state index contributed by atoms with van der Waals surface area (Å²) in [7, 11) is 1.73. The molecule has 0 atom stereocenters. The molecule has 0 unspecified atom stereocenters. The normalized spacial score (nSPS) is 20.1. The summed E-state index contributed by atoms with van der Waals surface area (Å²) in [5, 5.41) is 0. The number of benzene rings is 1. The first-order chi connectivity index (χ1) is 5.87. The van der Waals surface area contributed by atoms with E-state index in [1.54, 1.807) is 7.11 Å². The topological polar surface area (TPSA) is 18.5 Å². The van der Waals surface area contributed by atoms with Crippen molar-refractivity contribution in [3.05, 3.63) is 35.9 Å². The Morgan fingerprint density at radius 1 is 1.25 bits per heavy atom. The lowest BCUT2D eigenvalue weighted by Gasteiger charge is -2.40. The van der Waals surface area contributed by atoms with Gasteiger partial charge in [-0.15, -0.1) is 0 Å². The molecule has 1 aromatic carbocycles. The van der Waals surface area contributed by atoms with E-state index >= 15 is 0 Å². The van der Waals surface area contributed by atoms with Gasteiger partial charge in [0.15, 0.2) is 0 Å². The Morgan fingerprint density at radius 3 is 2.33 bits per heavy atom. The van der Waals surface area contributed by atoms with Gasteiger partial charge in [-0.3, -0.25) is 0 Å². The van der Waals surface area contributed by atoms with Crippen molar-refractivity contribution in [1.82, 2.24) is 0 Å². The summed E-state index contributed by atoms with van der Waals surface area (Å²) in [5.41, 5.74) is 1.04. The summed E-state index contributed by atoms with van der Waals surface area (Å²) >= 11 is 0. The van der Waals surface area contributed by atoms with Crippen molar-refractivity contribution < 1.29 is 9.47 Å². The van der Waals surface area contributed by atoms with Crippen LogP contribution in [0.3, 0.4) is 0 Å². The van der Waals surface area contributed by atoms with Gasteiger partial charge >= 0.3 is 0 Å². The van der Waals surface area contributed by atoms with E-state index < -0.39 is 0 Å². The van der Waals surface area contributed by atoms with Gasteiger partial charge in [-0.1, -0.05) is 30.3 Å². The molecule has 2 heteroatoms. The van der Waals surface area contributed by atoms with Gasteiger partial charge in [0, 0.05) is 7.11 Å². The van der Waals surface area contributed by atoms with E-state index in [9.17, 15) is 0 Å². The average Bonchev–Trinajstić information content (AvgIpc) is 2.05. The highest BCUT2D eigenvalue weighted by molar-refractivity contribution is 5.24. The fourth-order valence-electron chi connectivity index (χ4n) is 1.43. The maximum absolute atomic E-state index is 5.43. The third-order valence-corrected chi connectivity index (χ3v) is 2.36. The van der Waals surface area contributed by atoms with E-state index in [0.29, 0.717) is 13.2 Å². The van der Waals surface area contributed by atoms with Gasteiger partial charge in [0.1, 0.15) is 5.60 Å². The van der Waals surface area contributed by atoms with Crippen LogP contribution in [0.5, 0.6) is 0 Å². The van der Waals surface area contributed by atoms with E-state index in [2.05, 4.69) is 12.1 Å². The molecule has 0 spiro atoms. The fourth-order valence-corrected chi connectivity index (χ4v) is 1.43. The molecule has 64 valence electrons. The molecule has 12 heavy (non-hydrogen) atoms. The summed E-state index contributed by atoms with van der Waals surface area (Å²) in [4.78, 5) is 0. The molecule has 1 heterocycles. The summed E-state index contributed by atoms with van der Waals surface area (Å²) in [6.07, 6.45) is 0. The van der Waals surface area contributed by atoms with Crippen molar-refractivity contribution >= 4 is 0 Å². The Kier molecular flexibility index (Phi) is 1.87. The van der Waals surface area contributed by atoms with Crippen molar-refractivity contribution in [2.45, 2.75) is 5.60 Å². The van der Waals surface area contributed by atoms with Gasteiger partial charge in [-0.25, -0.2) is 0 Å². The second kappa shape index (κ2) is 2.88. The molecular formula is C10H12O2. The first-order valence-electron chi connectivity index (χ1n) is 4.06. The highest BCUT2D eigenvalue weighted by Crippen LogP contribution is 2.32. The first-order valence-corrected chi connectivity index (χ1v) is 4.06. The van der Waals surface area contributed by atoms with Gasteiger partial charge in [-0.05, 0) is 5.56 Å². The van der Waals surface area contributed by atoms with Crippen LogP contribution in [0.4, 0.5) is 0 Å². The van der Waals surface area contributed by atoms with E-state index in [1.165, 1.54) is 5.56 Å². The molecule has 1 aromatic rings.